The summed E-state index contributed by atoms with van der Waals surface area (Å²) in [5, 5.41) is 3.00. The first-order chi connectivity index (χ1) is 8.59. The molecule has 0 bridgehead atoms. The van der Waals surface area contributed by atoms with Crippen molar-refractivity contribution in [3.05, 3.63) is 12.2 Å². The fraction of sp³-hybridized carbons (Fsp3) is 0.714. The van der Waals surface area contributed by atoms with Crippen LogP contribution < -0.4 is 5.32 Å². The van der Waals surface area contributed by atoms with Crippen molar-refractivity contribution in [1.29, 1.82) is 0 Å². The van der Waals surface area contributed by atoms with Gasteiger partial charge in [-0.1, -0.05) is 47.3 Å². The first-order valence-corrected chi connectivity index (χ1v) is 7.72. The van der Waals surface area contributed by atoms with Crippen LogP contribution >= 0.6 is 15.9 Å². The highest BCUT2D eigenvalue weighted by atomic mass is 79.9. The third-order valence-electron chi connectivity index (χ3n) is 4.72. The standard InChI is InChI=1S/C14H18BrNO2/c15-10-4-8-14(9-5-10)11(17)13(12(18)16-14)6-2-1-3-7-13/h4,8,10H,1-3,5-7,9H2,(H,16,18)/t10-,14-/m0/s1. The molecule has 1 aliphatic heterocycles. The lowest BCUT2D eigenvalue weighted by molar-refractivity contribution is -0.138. The van der Waals surface area contributed by atoms with Crippen molar-refractivity contribution >= 4 is 27.6 Å². The fourth-order valence-corrected chi connectivity index (χ4v) is 4.01. The Hall–Kier alpha value is -0.640. The number of Topliss-reactive ketones (excluding diaryl/α,β-unsaturated/α-hetero) is 1. The number of carbonyl (C=O) groups is 2. The Kier molecular flexibility index (Phi) is 2.88. The van der Waals surface area contributed by atoms with Crippen molar-refractivity contribution in [3.8, 4) is 0 Å². The number of ketones is 1. The van der Waals surface area contributed by atoms with Gasteiger partial charge in [0.1, 0.15) is 11.0 Å². The zero-order valence-corrected chi connectivity index (χ0v) is 12.0. The zero-order valence-electron chi connectivity index (χ0n) is 10.4. The van der Waals surface area contributed by atoms with Crippen LogP contribution in [0.3, 0.4) is 0 Å². The first kappa shape index (κ1) is 12.4. The van der Waals surface area contributed by atoms with Crippen molar-refractivity contribution < 1.29 is 9.59 Å². The Morgan fingerprint density at radius 3 is 2.50 bits per heavy atom. The van der Waals surface area contributed by atoms with E-state index in [9.17, 15) is 9.59 Å². The van der Waals surface area contributed by atoms with Gasteiger partial charge in [-0.2, -0.15) is 0 Å². The van der Waals surface area contributed by atoms with Gasteiger partial charge < -0.3 is 5.32 Å². The van der Waals surface area contributed by atoms with Crippen LogP contribution in [0.25, 0.3) is 0 Å². The van der Waals surface area contributed by atoms with E-state index in [1.807, 2.05) is 12.2 Å². The number of halogens is 1. The second-order valence-electron chi connectivity index (χ2n) is 5.81. The van der Waals surface area contributed by atoms with Crippen LogP contribution in [0.2, 0.25) is 0 Å². The van der Waals surface area contributed by atoms with Gasteiger partial charge in [-0.3, -0.25) is 9.59 Å². The molecular weight excluding hydrogens is 294 g/mol. The summed E-state index contributed by atoms with van der Waals surface area (Å²) in [6.07, 6.45) is 10.2. The van der Waals surface area contributed by atoms with E-state index in [2.05, 4.69) is 21.2 Å². The molecule has 18 heavy (non-hydrogen) atoms. The minimum atomic E-state index is -0.707. The summed E-state index contributed by atoms with van der Waals surface area (Å²) in [6, 6.07) is 0. The first-order valence-electron chi connectivity index (χ1n) is 6.80. The molecule has 2 fully saturated rings. The number of nitrogens with one attached hydrogen (secondary N) is 1. The van der Waals surface area contributed by atoms with Crippen LogP contribution in [0.4, 0.5) is 0 Å². The van der Waals surface area contributed by atoms with Crippen molar-refractivity contribution in [1.82, 2.24) is 5.32 Å². The van der Waals surface area contributed by atoms with E-state index < -0.39 is 11.0 Å². The number of hydrogen-bond donors (Lipinski definition) is 1. The number of amides is 1. The molecule has 3 rings (SSSR count). The van der Waals surface area contributed by atoms with Crippen LogP contribution in [0.1, 0.15) is 44.9 Å². The van der Waals surface area contributed by atoms with Gasteiger partial charge in [-0.05, 0) is 25.7 Å². The number of rotatable bonds is 0. The molecule has 3 nitrogen and oxygen atoms in total. The van der Waals surface area contributed by atoms with Gasteiger partial charge in [0.2, 0.25) is 5.91 Å². The number of alkyl halides is 1. The Balaban J connectivity index is 1.95. The van der Waals surface area contributed by atoms with E-state index >= 15 is 0 Å². The molecule has 2 spiro atoms. The third-order valence-corrected chi connectivity index (χ3v) is 5.49. The molecule has 1 saturated heterocycles. The van der Waals surface area contributed by atoms with E-state index in [-0.39, 0.29) is 11.7 Å². The number of allylic oxidation sites excluding steroid dienone is 1. The summed E-state index contributed by atoms with van der Waals surface area (Å²) in [5.74, 6) is 0.111. The lowest BCUT2D eigenvalue weighted by atomic mass is 9.67. The molecule has 4 heteroatoms. The van der Waals surface area contributed by atoms with Gasteiger partial charge in [-0.25, -0.2) is 0 Å². The average molecular weight is 312 g/mol. The number of hydrogen-bond acceptors (Lipinski definition) is 2. The minimum Gasteiger partial charge on any atom is -0.339 e. The molecule has 2 atom stereocenters. The van der Waals surface area contributed by atoms with Gasteiger partial charge >= 0.3 is 0 Å². The molecule has 98 valence electrons. The van der Waals surface area contributed by atoms with E-state index in [1.54, 1.807) is 0 Å². The summed E-state index contributed by atoms with van der Waals surface area (Å²) >= 11 is 3.53. The second kappa shape index (κ2) is 4.19. The molecule has 0 aromatic heterocycles. The fourth-order valence-electron chi connectivity index (χ4n) is 3.63. The molecular formula is C14H18BrNO2. The van der Waals surface area contributed by atoms with Gasteiger partial charge in [-0.15, -0.1) is 0 Å². The van der Waals surface area contributed by atoms with Gasteiger partial charge in [0, 0.05) is 4.83 Å². The van der Waals surface area contributed by atoms with E-state index in [0.29, 0.717) is 4.83 Å². The predicted molar refractivity (Wildman–Crippen MR) is 72.5 cm³/mol. The summed E-state index contributed by atoms with van der Waals surface area (Å²) in [6.45, 7) is 0. The van der Waals surface area contributed by atoms with Crippen molar-refractivity contribution in [2.45, 2.75) is 55.3 Å². The van der Waals surface area contributed by atoms with Crippen LogP contribution in [0.15, 0.2) is 12.2 Å². The van der Waals surface area contributed by atoms with Crippen LogP contribution in [0.5, 0.6) is 0 Å². The van der Waals surface area contributed by atoms with Crippen molar-refractivity contribution in [2.24, 2.45) is 5.41 Å². The molecule has 3 aliphatic rings. The SMILES string of the molecule is O=C1N[C@]2(C=C[C@H](Br)CC2)C(=O)C12CCCCC2. The Bertz CT molecular complexity index is 426. The quantitative estimate of drug-likeness (QED) is 0.424. The minimum absolute atomic E-state index is 0.0233. The van der Waals surface area contributed by atoms with Gasteiger partial charge in [0.25, 0.3) is 0 Å². The van der Waals surface area contributed by atoms with E-state index in [4.69, 9.17) is 0 Å². The second-order valence-corrected chi connectivity index (χ2v) is 6.99. The maximum absolute atomic E-state index is 12.8. The van der Waals surface area contributed by atoms with Gasteiger partial charge in [0.05, 0.1) is 0 Å². The Morgan fingerprint density at radius 2 is 1.89 bits per heavy atom. The normalized spacial score (nSPS) is 38.4. The van der Waals surface area contributed by atoms with E-state index in [0.717, 1.165) is 44.9 Å². The van der Waals surface area contributed by atoms with Crippen molar-refractivity contribution in [3.63, 3.8) is 0 Å². The molecule has 0 aromatic carbocycles. The zero-order chi connectivity index (χ0) is 12.8. The number of carbonyl (C=O) groups excluding carboxylic acids is 2. The largest absolute Gasteiger partial charge is 0.339 e. The van der Waals surface area contributed by atoms with E-state index in [1.165, 1.54) is 0 Å². The molecule has 1 saturated carbocycles. The summed E-state index contributed by atoms with van der Waals surface area (Å²) in [4.78, 5) is 25.5. The monoisotopic (exact) mass is 311 g/mol. The molecule has 1 N–H and O–H groups in total. The smallest absolute Gasteiger partial charge is 0.234 e. The molecule has 0 unspecified atom stereocenters. The lowest BCUT2D eigenvalue weighted by Gasteiger charge is -2.32. The molecule has 0 aromatic rings. The summed E-state index contributed by atoms with van der Waals surface area (Å²) < 4.78 is 0. The Labute approximate surface area is 116 Å². The van der Waals surface area contributed by atoms with Gasteiger partial charge in [0.15, 0.2) is 5.78 Å². The molecule has 2 aliphatic carbocycles. The summed E-state index contributed by atoms with van der Waals surface area (Å²) in [7, 11) is 0. The molecule has 1 amide bonds. The van der Waals surface area contributed by atoms with Crippen molar-refractivity contribution in [2.75, 3.05) is 0 Å². The molecule has 1 heterocycles. The highest BCUT2D eigenvalue weighted by Crippen LogP contribution is 2.47. The molecule has 0 radical (unpaired) electrons. The maximum Gasteiger partial charge on any atom is 0.234 e. The van der Waals surface area contributed by atoms with Crippen LogP contribution in [-0.4, -0.2) is 22.1 Å². The highest BCUT2D eigenvalue weighted by Gasteiger charge is 2.61. The van der Waals surface area contributed by atoms with Crippen LogP contribution in [0, 0.1) is 5.41 Å². The maximum atomic E-state index is 12.8. The Morgan fingerprint density at radius 1 is 1.17 bits per heavy atom. The highest BCUT2D eigenvalue weighted by molar-refractivity contribution is 9.09. The third kappa shape index (κ3) is 1.61. The average Bonchev–Trinajstić information content (AvgIpc) is 2.58. The van der Waals surface area contributed by atoms with Crippen LogP contribution in [-0.2, 0) is 9.59 Å². The summed E-state index contributed by atoms with van der Waals surface area (Å²) in [5.41, 5.74) is -1.40. The lowest BCUT2D eigenvalue weighted by Crippen LogP contribution is -2.47. The predicted octanol–water partition coefficient (Wildman–Crippen LogP) is 2.49. The topological polar surface area (TPSA) is 46.2 Å².